The fourth-order valence-electron chi connectivity index (χ4n) is 3.77. The van der Waals surface area contributed by atoms with Crippen LogP contribution >= 0.6 is 11.8 Å². The number of hydrogen-bond donors (Lipinski definition) is 2. The number of rotatable bonds is 10. The van der Waals surface area contributed by atoms with Gasteiger partial charge in [-0.25, -0.2) is 9.79 Å². The van der Waals surface area contributed by atoms with E-state index < -0.39 is 18.2 Å². The molecule has 2 heterocycles. The molecular formula is C22H31N5O3S. The Morgan fingerprint density at radius 2 is 1.84 bits per heavy atom. The highest BCUT2D eigenvalue weighted by molar-refractivity contribution is 8.14. The molecule has 0 spiro atoms. The molecule has 9 heteroatoms. The number of hydrogen-bond acceptors (Lipinski definition) is 6. The van der Waals surface area contributed by atoms with Gasteiger partial charge >= 0.3 is 6.03 Å². The number of unbranched alkanes of at least 4 members (excludes halogenated alkanes) is 5. The average molecular weight is 446 g/mol. The van der Waals surface area contributed by atoms with Crippen molar-refractivity contribution in [2.24, 2.45) is 4.99 Å². The maximum absolute atomic E-state index is 12.6. The number of anilines is 1. The molecule has 0 radical (unpaired) electrons. The molecule has 8 nitrogen and oxygen atoms in total. The van der Waals surface area contributed by atoms with Crippen molar-refractivity contribution in [1.29, 1.82) is 0 Å². The van der Waals surface area contributed by atoms with E-state index in [1.807, 2.05) is 35.2 Å². The Balaban J connectivity index is 1.62. The highest BCUT2D eigenvalue weighted by Gasteiger charge is 2.48. The number of benzene rings is 1. The van der Waals surface area contributed by atoms with Crippen LogP contribution in [0.2, 0.25) is 0 Å². The van der Waals surface area contributed by atoms with Crippen LogP contribution in [0.4, 0.5) is 10.5 Å². The second-order valence-electron chi connectivity index (χ2n) is 7.84. The van der Waals surface area contributed by atoms with E-state index in [9.17, 15) is 14.4 Å². The molecule has 1 aromatic carbocycles. The van der Waals surface area contributed by atoms with Gasteiger partial charge in [0.05, 0.1) is 5.75 Å². The van der Waals surface area contributed by atoms with Gasteiger partial charge in [0.15, 0.2) is 17.4 Å². The molecule has 2 aliphatic heterocycles. The topological polar surface area (TPSA) is 94.1 Å². The van der Waals surface area contributed by atoms with Gasteiger partial charge in [0, 0.05) is 19.3 Å². The summed E-state index contributed by atoms with van der Waals surface area (Å²) in [7, 11) is 1.64. The van der Waals surface area contributed by atoms with Crippen molar-refractivity contribution >= 4 is 40.5 Å². The smallest absolute Gasteiger partial charge is 0.325 e. The summed E-state index contributed by atoms with van der Waals surface area (Å²) >= 11 is 1.31. The third-order valence-corrected chi connectivity index (χ3v) is 6.47. The van der Waals surface area contributed by atoms with Crippen LogP contribution in [0.3, 0.4) is 0 Å². The number of fused-ring (bicyclic) bond motifs is 1. The number of aliphatic imine (C=N–C) groups is 1. The average Bonchev–Trinajstić information content (AvgIpc) is 3.13. The Kier molecular flexibility index (Phi) is 8.34. The van der Waals surface area contributed by atoms with Crippen molar-refractivity contribution in [3.63, 3.8) is 0 Å². The molecule has 2 aliphatic rings. The Labute approximate surface area is 187 Å². The van der Waals surface area contributed by atoms with Gasteiger partial charge in [0.1, 0.15) is 0 Å². The minimum absolute atomic E-state index is 0.137. The van der Waals surface area contributed by atoms with Crippen LogP contribution in [0.15, 0.2) is 35.3 Å². The fourth-order valence-corrected chi connectivity index (χ4v) is 4.65. The Hall–Kier alpha value is -2.55. The minimum Gasteiger partial charge on any atom is -0.336 e. The first-order valence-electron chi connectivity index (χ1n) is 10.9. The third-order valence-electron chi connectivity index (χ3n) is 5.46. The molecule has 1 fully saturated rings. The highest BCUT2D eigenvalue weighted by Crippen LogP contribution is 2.29. The lowest BCUT2D eigenvalue weighted by Crippen LogP contribution is -2.63. The van der Waals surface area contributed by atoms with Crippen LogP contribution < -0.4 is 10.6 Å². The van der Waals surface area contributed by atoms with E-state index >= 15 is 0 Å². The normalized spacial score (nSPS) is 20.4. The van der Waals surface area contributed by atoms with Gasteiger partial charge in [0.25, 0.3) is 5.91 Å². The first kappa shape index (κ1) is 23.1. The fraction of sp³-hybridized carbons (Fsp3) is 0.545. The summed E-state index contributed by atoms with van der Waals surface area (Å²) in [4.78, 5) is 45.1. The van der Waals surface area contributed by atoms with E-state index in [0.717, 1.165) is 18.5 Å². The molecule has 1 saturated heterocycles. The molecule has 0 bridgehead atoms. The number of amides is 4. The largest absolute Gasteiger partial charge is 0.336 e. The lowest BCUT2D eigenvalue weighted by atomic mass is 10.1. The molecule has 2 unspecified atom stereocenters. The summed E-state index contributed by atoms with van der Waals surface area (Å²) in [6.45, 7) is 2.87. The minimum atomic E-state index is -0.555. The van der Waals surface area contributed by atoms with Gasteiger partial charge in [0.2, 0.25) is 5.91 Å². The van der Waals surface area contributed by atoms with Crippen molar-refractivity contribution < 1.29 is 14.4 Å². The predicted octanol–water partition coefficient (Wildman–Crippen LogP) is 3.27. The molecule has 0 aromatic heterocycles. The molecular weight excluding hydrogens is 414 g/mol. The summed E-state index contributed by atoms with van der Waals surface area (Å²) in [5.41, 5.74) is 0.740. The van der Waals surface area contributed by atoms with Crippen LogP contribution in [-0.4, -0.2) is 64.4 Å². The Morgan fingerprint density at radius 1 is 1.13 bits per heavy atom. The molecule has 168 valence electrons. The zero-order valence-electron chi connectivity index (χ0n) is 18.2. The Bertz CT molecular complexity index is 817. The number of carbonyl (C=O) groups is 3. The highest BCUT2D eigenvalue weighted by atomic mass is 32.2. The maximum atomic E-state index is 12.6. The zero-order chi connectivity index (χ0) is 22.2. The van der Waals surface area contributed by atoms with Gasteiger partial charge in [-0.05, 0) is 18.6 Å². The van der Waals surface area contributed by atoms with Crippen LogP contribution in [0.5, 0.6) is 0 Å². The molecule has 4 amide bonds. The van der Waals surface area contributed by atoms with Crippen LogP contribution in [0.1, 0.15) is 45.4 Å². The first-order chi connectivity index (χ1) is 15.0. The van der Waals surface area contributed by atoms with Crippen molar-refractivity contribution in [1.82, 2.24) is 15.1 Å². The number of thioether (sulfide) groups is 1. The van der Waals surface area contributed by atoms with Crippen LogP contribution in [0.25, 0.3) is 0 Å². The SMILES string of the molecule is CCCCCCCCN1C(SCC(=O)Nc2ccccc2)=NC2C1C(=O)NC(=O)N2C. The number of urea groups is 1. The maximum Gasteiger partial charge on any atom is 0.325 e. The summed E-state index contributed by atoms with van der Waals surface area (Å²) in [5.74, 6) is -0.284. The lowest BCUT2D eigenvalue weighted by Gasteiger charge is -2.36. The molecule has 3 rings (SSSR count). The first-order valence-corrected chi connectivity index (χ1v) is 11.9. The van der Waals surface area contributed by atoms with Gasteiger partial charge in [-0.3, -0.25) is 14.9 Å². The number of nitrogens with zero attached hydrogens (tertiary/aromatic N) is 3. The van der Waals surface area contributed by atoms with E-state index in [0.29, 0.717) is 11.7 Å². The lowest BCUT2D eigenvalue weighted by molar-refractivity contribution is -0.127. The molecule has 2 N–H and O–H groups in total. The standard InChI is InChI=1S/C22H31N5O3S/c1-3-4-5-6-7-11-14-27-18-19(26(2)21(30)25-20(18)29)24-22(27)31-15-17(28)23-16-12-9-8-10-13-16/h8-10,12-13,18-19H,3-7,11,14-15H2,1-2H3,(H,23,28)(H,25,29,30). The number of para-hydroxylation sites is 1. The predicted molar refractivity (Wildman–Crippen MR) is 124 cm³/mol. The second-order valence-corrected chi connectivity index (χ2v) is 8.78. The zero-order valence-corrected chi connectivity index (χ0v) is 19.0. The van der Waals surface area contributed by atoms with Gasteiger partial charge in [-0.1, -0.05) is 69.0 Å². The number of likely N-dealkylation sites (N-methyl/N-ethyl adjacent to an activating group) is 1. The van der Waals surface area contributed by atoms with Crippen LogP contribution in [0, 0.1) is 0 Å². The van der Waals surface area contributed by atoms with E-state index in [2.05, 4.69) is 22.5 Å². The summed E-state index contributed by atoms with van der Waals surface area (Å²) in [6, 6.07) is 8.30. The van der Waals surface area contributed by atoms with Crippen LogP contribution in [-0.2, 0) is 9.59 Å². The Morgan fingerprint density at radius 3 is 2.58 bits per heavy atom. The number of nitrogens with one attached hydrogen (secondary N) is 2. The quantitative estimate of drug-likeness (QED) is 0.539. The van der Waals surface area contributed by atoms with Crippen molar-refractivity contribution in [3.8, 4) is 0 Å². The van der Waals surface area contributed by atoms with Crippen molar-refractivity contribution in [3.05, 3.63) is 30.3 Å². The molecule has 2 atom stereocenters. The molecule has 0 saturated carbocycles. The second kappa shape index (κ2) is 11.2. The molecule has 0 aliphatic carbocycles. The van der Waals surface area contributed by atoms with E-state index in [-0.39, 0.29) is 17.6 Å². The van der Waals surface area contributed by atoms with Gasteiger partial charge in [-0.2, -0.15) is 0 Å². The van der Waals surface area contributed by atoms with Crippen molar-refractivity contribution in [2.45, 2.75) is 57.7 Å². The van der Waals surface area contributed by atoms with Gasteiger partial charge < -0.3 is 15.1 Å². The van der Waals surface area contributed by atoms with Crippen molar-refractivity contribution in [2.75, 3.05) is 24.7 Å². The molecule has 31 heavy (non-hydrogen) atoms. The summed E-state index contributed by atoms with van der Waals surface area (Å²) < 4.78 is 0. The third kappa shape index (κ3) is 6.00. The van der Waals surface area contributed by atoms with E-state index in [4.69, 9.17) is 0 Å². The number of carbonyl (C=O) groups excluding carboxylic acids is 3. The van der Waals surface area contributed by atoms with Gasteiger partial charge in [-0.15, -0.1) is 0 Å². The molecule has 1 aromatic rings. The number of imide groups is 1. The monoisotopic (exact) mass is 445 g/mol. The number of amidine groups is 1. The summed E-state index contributed by atoms with van der Waals surface area (Å²) in [5, 5.41) is 5.92. The summed E-state index contributed by atoms with van der Waals surface area (Å²) in [6.07, 6.45) is 6.29. The van der Waals surface area contributed by atoms with E-state index in [1.165, 1.54) is 42.3 Å². The van der Waals surface area contributed by atoms with E-state index in [1.54, 1.807) is 7.05 Å².